The number of ether oxygens (including phenoxy) is 1. The number of imidazole rings is 1. The van der Waals surface area contributed by atoms with Gasteiger partial charge in [-0.2, -0.15) is 0 Å². The van der Waals surface area contributed by atoms with Crippen LogP contribution < -0.4 is 10.1 Å². The van der Waals surface area contributed by atoms with Crippen LogP contribution in [-0.4, -0.2) is 22.6 Å². The standard InChI is InChI=1S/C25H33N3O2/c1-4-5-6-7-10-17-28-23-12-9-8-11-22(23)27-25(28)19(2)26-24(29)18-20-13-15-21(30-3)16-14-20/h8-9,11-16,19H,4-7,10,17-18H2,1-3H3,(H,26,29). The van der Waals surface area contributed by atoms with Gasteiger partial charge in [-0.25, -0.2) is 4.98 Å². The molecule has 1 N–H and O–H groups in total. The lowest BCUT2D eigenvalue weighted by Crippen LogP contribution is -2.30. The minimum absolute atomic E-state index is 0.00535. The largest absolute Gasteiger partial charge is 0.497 e. The fourth-order valence-electron chi connectivity index (χ4n) is 3.82. The van der Waals surface area contributed by atoms with Gasteiger partial charge in [-0.15, -0.1) is 0 Å². The zero-order valence-corrected chi connectivity index (χ0v) is 18.4. The van der Waals surface area contributed by atoms with Crippen LogP contribution >= 0.6 is 0 Å². The van der Waals surface area contributed by atoms with Gasteiger partial charge in [0.15, 0.2) is 0 Å². The van der Waals surface area contributed by atoms with Gasteiger partial charge < -0.3 is 14.6 Å². The number of rotatable bonds is 11. The number of aryl methyl sites for hydroxylation is 1. The maximum absolute atomic E-state index is 12.6. The van der Waals surface area contributed by atoms with Crippen LogP contribution in [0.1, 0.15) is 63.4 Å². The summed E-state index contributed by atoms with van der Waals surface area (Å²) in [5.74, 6) is 1.71. The number of aromatic nitrogens is 2. The predicted molar refractivity (Wildman–Crippen MR) is 122 cm³/mol. The lowest BCUT2D eigenvalue weighted by Gasteiger charge is -2.16. The summed E-state index contributed by atoms with van der Waals surface area (Å²) in [6.45, 7) is 5.18. The van der Waals surface area contributed by atoms with Gasteiger partial charge in [0.2, 0.25) is 5.91 Å². The molecule has 1 atom stereocenters. The van der Waals surface area contributed by atoms with Crippen molar-refractivity contribution < 1.29 is 9.53 Å². The molecule has 0 fully saturated rings. The van der Waals surface area contributed by atoms with Crippen LogP contribution in [0.3, 0.4) is 0 Å². The van der Waals surface area contributed by atoms with Crippen molar-refractivity contribution in [1.29, 1.82) is 0 Å². The number of nitrogens with one attached hydrogen (secondary N) is 1. The lowest BCUT2D eigenvalue weighted by atomic mass is 10.1. The molecule has 1 unspecified atom stereocenters. The third-order valence-electron chi connectivity index (χ3n) is 5.46. The summed E-state index contributed by atoms with van der Waals surface area (Å²) in [5.41, 5.74) is 3.08. The number of amides is 1. The summed E-state index contributed by atoms with van der Waals surface area (Å²) in [6, 6.07) is 15.7. The van der Waals surface area contributed by atoms with Crippen molar-refractivity contribution in [3.05, 3.63) is 59.9 Å². The maximum atomic E-state index is 12.6. The average molecular weight is 408 g/mol. The summed E-state index contributed by atoms with van der Waals surface area (Å²) in [4.78, 5) is 17.5. The molecule has 0 spiro atoms. The Morgan fingerprint density at radius 1 is 1.07 bits per heavy atom. The van der Waals surface area contributed by atoms with E-state index in [0.29, 0.717) is 6.42 Å². The monoisotopic (exact) mass is 407 g/mol. The Morgan fingerprint density at radius 3 is 2.53 bits per heavy atom. The van der Waals surface area contributed by atoms with Crippen LogP contribution in [0.2, 0.25) is 0 Å². The minimum Gasteiger partial charge on any atom is -0.497 e. The third-order valence-corrected chi connectivity index (χ3v) is 5.46. The lowest BCUT2D eigenvalue weighted by molar-refractivity contribution is -0.121. The van der Waals surface area contributed by atoms with Crippen LogP contribution in [0.5, 0.6) is 5.75 Å². The van der Waals surface area contributed by atoms with Crippen LogP contribution in [0.4, 0.5) is 0 Å². The minimum atomic E-state index is -0.154. The number of nitrogens with zero attached hydrogens (tertiary/aromatic N) is 2. The maximum Gasteiger partial charge on any atom is 0.224 e. The highest BCUT2D eigenvalue weighted by Crippen LogP contribution is 2.22. The molecule has 1 amide bonds. The van der Waals surface area contributed by atoms with Gasteiger partial charge in [-0.3, -0.25) is 4.79 Å². The van der Waals surface area contributed by atoms with Gasteiger partial charge >= 0.3 is 0 Å². The molecule has 0 aliphatic heterocycles. The second-order valence-corrected chi connectivity index (χ2v) is 7.84. The van der Waals surface area contributed by atoms with Crippen molar-refractivity contribution in [3.8, 4) is 5.75 Å². The van der Waals surface area contributed by atoms with Gasteiger partial charge in [0.25, 0.3) is 0 Å². The molecule has 0 saturated carbocycles. The number of para-hydroxylation sites is 2. The van der Waals surface area contributed by atoms with Gasteiger partial charge in [0.1, 0.15) is 11.6 Å². The highest BCUT2D eigenvalue weighted by Gasteiger charge is 2.18. The SMILES string of the molecule is CCCCCCCn1c(C(C)NC(=O)Cc2ccc(OC)cc2)nc2ccccc21. The van der Waals surface area contributed by atoms with Gasteiger partial charge in [-0.05, 0) is 43.2 Å². The molecule has 160 valence electrons. The van der Waals surface area contributed by atoms with E-state index in [-0.39, 0.29) is 11.9 Å². The first-order valence-corrected chi connectivity index (χ1v) is 11.0. The molecule has 5 nitrogen and oxygen atoms in total. The molecule has 0 radical (unpaired) electrons. The topological polar surface area (TPSA) is 56.2 Å². The first-order chi connectivity index (χ1) is 14.6. The summed E-state index contributed by atoms with van der Waals surface area (Å²) in [6.07, 6.45) is 6.49. The van der Waals surface area contributed by atoms with Crippen LogP contribution in [0, 0.1) is 0 Å². The van der Waals surface area contributed by atoms with Crippen molar-refractivity contribution in [2.24, 2.45) is 0 Å². The van der Waals surface area contributed by atoms with E-state index in [1.165, 1.54) is 25.7 Å². The zero-order valence-electron chi connectivity index (χ0n) is 18.4. The van der Waals surface area contributed by atoms with Crippen LogP contribution in [0.25, 0.3) is 11.0 Å². The molecule has 0 aliphatic rings. The zero-order chi connectivity index (χ0) is 21.3. The van der Waals surface area contributed by atoms with E-state index < -0.39 is 0 Å². The highest BCUT2D eigenvalue weighted by atomic mass is 16.5. The normalized spacial score (nSPS) is 12.1. The van der Waals surface area contributed by atoms with Crippen molar-refractivity contribution in [2.45, 2.75) is 65.0 Å². The number of carbonyl (C=O) groups excluding carboxylic acids is 1. The number of unbranched alkanes of at least 4 members (excludes halogenated alkanes) is 4. The van der Waals surface area contributed by atoms with Crippen molar-refractivity contribution in [3.63, 3.8) is 0 Å². The predicted octanol–water partition coefficient (Wildman–Crippen LogP) is 5.44. The van der Waals surface area contributed by atoms with E-state index in [4.69, 9.17) is 9.72 Å². The van der Waals surface area contributed by atoms with E-state index in [2.05, 4.69) is 22.9 Å². The number of carbonyl (C=O) groups is 1. The Hall–Kier alpha value is -2.82. The van der Waals surface area contributed by atoms with E-state index in [9.17, 15) is 4.79 Å². The molecule has 3 rings (SSSR count). The fraction of sp³-hybridized carbons (Fsp3) is 0.440. The summed E-state index contributed by atoms with van der Waals surface area (Å²) >= 11 is 0. The Morgan fingerprint density at radius 2 is 1.80 bits per heavy atom. The molecule has 0 bridgehead atoms. The van der Waals surface area contributed by atoms with Gasteiger partial charge in [-0.1, -0.05) is 56.9 Å². The highest BCUT2D eigenvalue weighted by molar-refractivity contribution is 5.79. The average Bonchev–Trinajstić information content (AvgIpc) is 3.13. The summed E-state index contributed by atoms with van der Waals surface area (Å²) in [5, 5.41) is 3.13. The smallest absolute Gasteiger partial charge is 0.224 e. The number of methoxy groups -OCH3 is 1. The summed E-state index contributed by atoms with van der Waals surface area (Å²) in [7, 11) is 1.64. The second kappa shape index (κ2) is 10.8. The number of hydrogen-bond donors (Lipinski definition) is 1. The molecule has 0 aliphatic carbocycles. The summed E-state index contributed by atoms with van der Waals surface area (Å²) < 4.78 is 7.46. The van der Waals surface area contributed by atoms with Gasteiger partial charge in [0, 0.05) is 6.54 Å². The third kappa shape index (κ3) is 5.62. The van der Waals surface area contributed by atoms with Gasteiger partial charge in [0.05, 0.1) is 30.6 Å². The molecule has 3 aromatic rings. The molecule has 30 heavy (non-hydrogen) atoms. The Balaban J connectivity index is 1.68. The number of fused-ring (bicyclic) bond motifs is 1. The van der Waals surface area contributed by atoms with Crippen molar-refractivity contribution in [1.82, 2.24) is 14.9 Å². The van der Waals surface area contributed by atoms with Crippen LogP contribution in [0.15, 0.2) is 48.5 Å². The Bertz CT molecular complexity index is 947. The molecule has 1 aromatic heterocycles. The van der Waals surface area contributed by atoms with Crippen molar-refractivity contribution >= 4 is 16.9 Å². The Labute approximate surface area is 179 Å². The number of hydrogen-bond acceptors (Lipinski definition) is 3. The molecule has 5 heteroatoms. The first-order valence-electron chi connectivity index (χ1n) is 11.0. The molecule has 0 saturated heterocycles. The fourth-order valence-corrected chi connectivity index (χ4v) is 3.82. The number of benzene rings is 2. The van der Waals surface area contributed by atoms with E-state index >= 15 is 0 Å². The van der Waals surface area contributed by atoms with Crippen LogP contribution in [-0.2, 0) is 17.8 Å². The molecule has 1 heterocycles. The van der Waals surface area contributed by atoms with E-state index in [0.717, 1.165) is 41.1 Å². The molecular weight excluding hydrogens is 374 g/mol. The first kappa shape index (κ1) is 21.9. The molecule has 2 aromatic carbocycles. The second-order valence-electron chi connectivity index (χ2n) is 7.84. The Kier molecular flexibility index (Phi) is 7.89. The van der Waals surface area contributed by atoms with Crippen molar-refractivity contribution in [2.75, 3.05) is 7.11 Å². The molecular formula is C25H33N3O2. The van der Waals surface area contributed by atoms with E-state index in [1.54, 1.807) is 7.11 Å². The quantitative estimate of drug-likeness (QED) is 0.431. The van der Waals surface area contributed by atoms with E-state index in [1.807, 2.05) is 49.4 Å².